The number of carbonyl (C=O) groups excluding carboxylic acids is 7. The molecule has 4 fully saturated rings. The monoisotopic (exact) mass is 1400 g/mol. The van der Waals surface area contributed by atoms with Gasteiger partial charge in [0.25, 0.3) is 0 Å². The number of hydrogen-bond donors (Lipinski definition) is 15. The van der Waals surface area contributed by atoms with Gasteiger partial charge in [-0.15, -0.1) is 0 Å². The molecule has 3 heterocycles. The minimum atomic E-state index is -1.57. The van der Waals surface area contributed by atoms with Gasteiger partial charge in [-0.25, -0.2) is 19.2 Å². The number of benzene rings is 2. The van der Waals surface area contributed by atoms with E-state index in [1.807, 2.05) is 54.2 Å². The van der Waals surface area contributed by atoms with E-state index in [0.29, 0.717) is 57.9 Å². The molecule has 4 aliphatic rings. The zero-order valence-corrected chi connectivity index (χ0v) is 56.1. The van der Waals surface area contributed by atoms with E-state index in [-0.39, 0.29) is 165 Å². The van der Waals surface area contributed by atoms with E-state index in [1.165, 1.54) is 0 Å². The lowest BCUT2D eigenvalue weighted by Crippen LogP contribution is -2.52. The van der Waals surface area contributed by atoms with Crippen LogP contribution in [0.15, 0.2) is 42.5 Å². The summed E-state index contributed by atoms with van der Waals surface area (Å²) in [5, 5.41) is 84.2. The Hall–Kier alpha value is -8.40. The van der Waals surface area contributed by atoms with E-state index >= 15 is 0 Å². The fourth-order valence-electron chi connectivity index (χ4n) is 12.6. The van der Waals surface area contributed by atoms with Gasteiger partial charge in [-0.3, -0.25) is 62.8 Å². The Morgan fingerprint density at radius 2 is 1.05 bits per heavy atom. The third kappa shape index (κ3) is 28.6. The van der Waals surface area contributed by atoms with Gasteiger partial charge in [0.1, 0.15) is 24.2 Å². The fraction of sp³-hybridized carbons (Fsp3) is 0.646. The number of fused-ring (bicyclic) bond motifs is 2. The van der Waals surface area contributed by atoms with Crippen LogP contribution in [0.4, 0.5) is 9.59 Å². The van der Waals surface area contributed by atoms with Crippen LogP contribution in [-0.2, 0) is 59.2 Å². The van der Waals surface area contributed by atoms with Gasteiger partial charge in [0.05, 0.1) is 38.3 Å². The van der Waals surface area contributed by atoms with Crippen LogP contribution in [0.1, 0.15) is 108 Å². The molecule has 32 nitrogen and oxygen atoms in total. The van der Waals surface area contributed by atoms with Gasteiger partial charge >= 0.3 is 47.9 Å². The fourth-order valence-corrected chi connectivity index (χ4v) is 14.2. The van der Waals surface area contributed by atoms with Gasteiger partial charge in [-0.05, 0) is 106 Å². The maximum Gasteiger partial charge on any atom is 0.326 e. The summed E-state index contributed by atoms with van der Waals surface area (Å²) < 4.78 is 0. The van der Waals surface area contributed by atoms with Gasteiger partial charge in [-0.2, -0.15) is 11.8 Å². The molecule has 98 heavy (non-hydrogen) atoms. The van der Waals surface area contributed by atoms with E-state index in [2.05, 4.69) is 47.9 Å². The van der Waals surface area contributed by atoms with Crippen molar-refractivity contribution < 1.29 is 93.0 Å². The SMILES string of the molecule is O=C(O)CC[C@H](NC(=O)N[C@@H](CCCCNC(=O)[C@@H](Cc1ccc2ccccc2c1)NC(=O)C1CCC(CNC(=O)[C@H](CCCCNC(=O)CCCC[C@@H]2SC[C@@H]3NC(=O)N[C@@H]32)NC(=O)CN2CCN(CC(=O)O)CCN(CC(=O)O)CCN(CC(=O)O)CC2)CC1)C(=O)O)C(=O)O. The molecule has 0 bridgehead atoms. The number of nitrogens with zero attached hydrogens (tertiary/aromatic N) is 4. The first-order valence-electron chi connectivity index (χ1n) is 33.7. The largest absolute Gasteiger partial charge is 0.481 e. The predicted molar refractivity (Wildman–Crippen MR) is 358 cm³/mol. The summed E-state index contributed by atoms with van der Waals surface area (Å²) in [5.74, 6) is -9.06. The van der Waals surface area contributed by atoms with Crippen LogP contribution >= 0.6 is 11.8 Å². The topological polar surface area (TPSA) is 465 Å². The first-order chi connectivity index (χ1) is 46.9. The minimum absolute atomic E-state index is 0.0579. The van der Waals surface area contributed by atoms with Crippen molar-refractivity contribution in [3.63, 3.8) is 0 Å². The molecule has 3 aliphatic heterocycles. The highest BCUT2D eigenvalue weighted by Crippen LogP contribution is 2.33. The Kier molecular flexibility index (Phi) is 33.0. The highest BCUT2D eigenvalue weighted by molar-refractivity contribution is 8.00. The van der Waals surface area contributed by atoms with Crippen LogP contribution in [0.5, 0.6) is 0 Å². The number of hydrogen-bond acceptors (Lipinski definition) is 18. The Labute approximate surface area is 572 Å². The standard InChI is InChI=1S/C65H97N13O19S/c79-52(14-4-3-13-51-58-50(40-98-51)73-65(97)74-58)66-23-7-5-11-46(69-53(80)36-75-25-27-76(37-55(83)84)29-31-78(39-57(87)88)32-30-77(28-26-75)38-56(85)86)60(90)68-35-41-15-19-44(20-16-41)59(89)70-49(34-42-17-18-43-9-1-2-10-45(43)33-42)61(91)67-24-8-6-12-47(62(92)93)71-64(96)72-48(63(94)95)21-22-54(81)82/h1-2,9-10,17-18,33,41,44,46-51,58H,3-8,11-16,19-32,34-40H2,(H,66,79)(H,67,91)(H,68,90)(H,69,80)(H,70,89)(H,81,82)(H,83,84)(H,85,86)(H,87,88)(H,92,93)(H,94,95)(H2,71,72,96)(H2,73,74,97)/t41?,44?,46-,47-,48-,49+,50-,51-,58-/m0/s1. The van der Waals surface area contributed by atoms with Crippen molar-refractivity contribution in [3.8, 4) is 0 Å². The number of rotatable bonds is 39. The maximum atomic E-state index is 14.2. The van der Waals surface area contributed by atoms with Crippen LogP contribution in [-0.4, -0.2) is 273 Å². The van der Waals surface area contributed by atoms with E-state index in [4.69, 9.17) is 5.11 Å². The normalized spacial score (nSPS) is 20.8. The lowest BCUT2D eigenvalue weighted by atomic mass is 9.81. The Bertz CT molecular complexity index is 3040. The number of urea groups is 2. The quantitative estimate of drug-likeness (QED) is 0.0312. The summed E-state index contributed by atoms with van der Waals surface area (Å²) in [6.07, 6.45) is 5.27. The summed E-state index contributed by atoms with van der Waals surface area (Å²) in [5.41, 5.74) is 0.776. The molecule has 2 aromatic carbocycles. The minimum Gasteiger partial charge on any atom is -0.481 e. The Balaban J connectivity index is 1.04. The number of carboxylic acids is 6. The molecule has 1 aliphatic carbocycles. The molecule has 542 valence electrons. The third-order valence-electron chi connectivity index (χ3n) is 18.1. The van der Waals surface area contributed by atoms with Gasteiger partial charge in [-0.1, -0.05) is 48.9 Å². The maximum absolute atomic E-state index is 14.2. The summed E-state index contributed by atoms with van der Waals surface area (Å²) in [6.45, 7) is 0.823. The second-order valence-corrected chi connectivity index (χ2v) is 26.9. The van der Waals surface area contributed by atoms with Gasteiger partial charge in [0, 0.05) is 108 Å². The van der Waals surface area contributed by atoms with Crippen LogP contribution in [0.2, 0.25) is 0 Å². The van der Waals surface area contributed by atoms with Crippen molar-refractivity contribution >= 4 is 99.9 Å². The molecule has 0 aromatic heterocycles. The molecule has 3 saturated heterocycles. The number of amides is 9. The van der Waals surface area contributed by atoms with Gasteiger partial charge in [0.2, 0.25) is 29.5 Å². The molecule has 2 aromatic rings. The highest BCUT2D eigenvalue weighted by atomic mass is 32.2. The highest BCUT2D eigenvalue weighted by Gasteiger charge is 2.43. The van der Waals surface area contributed by atoms with Gasteiger partial charge < -0.3 is 78.5 Å². The molecule has 9 amide bonds. The summed E-state index contributed by atoms with van der Waals surface area (Å²) in [7, 11) is 0. The zero-order chi connectivity index (χ0) is 71.1. The van der Waals surface area contributed by atoms with Crippen molar-refractivity contribution in [1.82, 2.24) is 67.5 Å². The van der Waals surface area contributed by atoms with Gasteiger partial charge in [0.15, 0.2) is 0 Å². The average Bonchev–Trinajstić information content (AvgIpc) is 1.58. The third-order valence-corrected chi connectivity index (χ3v) is 19.6. The van der Waals surface area contributed by atoms with E-state index in [0.717, 1.165) is 34.9 Å². The van der Waals surface area contributed by atoms with Crippen LogP contribution in [0, 0.1) is 11.8 Å². The van der Waals surface area contributed by atoms with Crippen molar-refractivity contribution in [3.05, 3.63) is 48.0 Å². The number of carboxylic acid groups (broad SMARTS) is 6. The molecule has 1 saturated carbocycles. The van der Waals surface area contributed by atoms with E-state index in [9.17, 15) is 87.9 Å². The Morgan fingerprint density at radius 1 is 0.510 bits per heavy atom. The second-order valence-electron chi connectivity index (χ2n) is 25.6. The Morgan fingerprint density at radius 3 is 1.62 bits per heavy atom. The number of unbranched alkanes of at least 4 members (excludes halogenated alkanes) is 3. The van der Waals surface area contributed by atoms with Crippen molar-refractivity contribution in [2.24, 2.45) is 11.8 Å². The van der Waals surface area contributed by atoms with E-state index < -0.39 is 102 Å². The summed E-state index contributed by atoms with van der Waals surface area (Å²) in [6, 6.07) is 7.29. The van der Waals surface area contributed by atoms with Crippen LogP contribution < -0.4 is 47.9 Å². The first kappa shape index (κ1) is 78.6. The smallest absolute Gasteiger partial charge is 0.326 e. The second kappa shape index (κ2) is 41.1. The van der Waals surface area contributed by atoms with Crippen LogP contribution in [0.25, 0.3) is 10.8 Å². The molecule has 6 rings (SSSR count). The van der Waals surface area contributed by atoms with Crippen molar-refractivity contribution in [1.29, 1.82) is 0 Å². The van der Waals surface area contributed by atoms with E-state index in [1.54, 1.807) is 19.6 Å². The summed E-state index contributed by atoms with van der Waals surface area (Å²) in [4.78, 5) is 170. The first-order valence-corrected chi connectivity index (χ1v) is 34.8. The molecule has 15 N–H and O–H groups in total. The average molecular weight is 1400 g/mol. The number of thioether (sulfide) groups is 1. The van der Waals surface area contributed by atoms with Crippen molar-refractivity contribution in [2.45, 2.75) is 151 Å². The molecule has 7 atom stereocenters. The molecular formula is C65H97N13O19S. The predicted octanol–water partition coefficient (Wildman–Crippen LogP) is 0.119. The van der Waals surface area contributed by atoms with Crippen LogP contribution in [0.3, 0.4) is 0 Å². The molecular weight excluding hydrogens is 1300 g/mol. The van der Waals surface area contributed by atoms with Crippen molar-refractivity contribution in [2.75, 3.05) is 104 Å². The number of nitrogens with one attached hydrogen (secondary N) is 9. The molecule has 0 spiro atoms. The number of aliphatic carboxylic acids is 6. The molecule has 0 radical (unpaired) electrons. The lowest BCUT2D eigenvalue weighted by Gasteiger charge is -2.33. The molecule has 0 unspecified atom stereocenters. The molecule has 33 heteroatoms. The number of carbonyl (C=O) groups is 13. The summed E-state index contributed by atoms with van der Waals surface area (Å²) >= 11 is 1.82. The zero-order valence-electron chi connectivity index (χ0n) is 55.3. The lowest BCUT2D eigenvalue weighted by molar-refractivity contribution is -0.141.